The third-order valence-corrected chi connectivity index (χ3v) is 5.91. The van der Waals surface area contributed by atoms with Gasteiger partial charge in [0.1, 0.15) is 0 Å². The second-order valence-electron chi connectivity index (χ2n) is 7.82. The molecule has 0 aliphatic heterocycles. The lowest BCUT2D eigenvalue weighted by Crippen LogP contribution is -2.65. The number of urea groups is 1. The normalized spacial score (nSPS) is 47.2. The molecule has 0 aromatic carbocycles. The van der Waals surface area contributed by atoms with Gasteiger partial charge in [-0.25, -0.2) is 4.79 Å². The molecule has 2 unspecified atom stereocenters. The summed E-state index contributed by atoms with van der Waals surface area (Å²) < 4.78 is 0. The summed E-state index contributed by atoms with van der Waals surface area (Å²) in [7, 11) is 0. The zero-order chi connectivity index (χ0) is 13.1. The Balaban J connectivity index is 1.51. The van der Waals surface area contributed by atoms with Crippen molar-refractivity contribution in [2.75, 3.05) is 6.54 Å². The van der Waals surface area contributed by atoms with Crippen molar-refractivity contribution in [2.45, 2.75) is 62.9 Å². The van der Waals surface area contributed by atoms with Gasteiger partial charge in [-0.05, 0) is 75.2 Å². The lowest BCUT2D eigenvalue weighted by Gasteiger charge is -2.62. The fraction of sp³-hybridized carbons (Fsp3) is 0.933. The molecular formula is C15H25N3O. The first-order valence-electron chi connectivity index (χ1n) is 7.89. The van der Waals surface area contributed by atoms with E-state index in [1.807, 2.05) is 0 Å². The third-order valence-electron chi connectivity index (χ3n) is 5.91. The Morgan fingerprint density at radius 2 is 1.84 bits per heavy atom. The molecule has 4 N–H and O–H groups in total. The summed E-state index contributed by atoms with van der Waals surface area (Å²) in [6.45, 7) is 0.799. The van der Waals surface area contributed by atoms with E-state index in [0.717, 1.165) is 37.6 Å². The average Bonchev–Trinajstić information content (AvgIpc) is 3.10. The number of carbonyl (C=O) groups is 1. The first-order chi connectivity index (χ1) is 9.10. The lowest BCUT2D eigenvalue weighted by molar-refractivity contribution is -0.0716. The van der Waals surface area contributed by atoms with Crippen LogP contribution >= 0.6 is 0 Å². The van der Waals surface area contributed by atoms with Crippen LogP contribution in [0, 0.1) is 17.3 Å². The fourth-order valence-electron chi connectivity index (χ4n) is 5.53. The van der Waals surface area contributed by atoms with E-state index in [1.54, 1.807) is 0 Å². The molecule has 2 amide bonds. The van der Waals surface area contributed by atoms with Crippen molar-refractivity contribution >= 4 is 6.03 Å². The number of hydrogen-bond donors (Lipinski definition) is 3. The minimum Gasteiger partial charge on any atom is -0.335 e. The summed E-state index contributed by atoms with van der Waals surface area (Å²) in [5.74, 6) is 1.59. The molecule has 0 heterocycles. The molecule has 0 aromatic heterocycles. The van der Waals surface area contributed by atoms with Crippen LogP contribution in [0.1, 0.15) is 51.4 Å². The predicted molar refractivity (Wildman–Crippen MR) is 73.6 cm³/mol. The standard InChI is InChI=1S/C15H25N3O/c16-9-14-4-10-3-11(5-14)7-15(6-10,8-14)18-13(19)17-12-1-2-12/h10-12H,1-9,16H2,(H2,17,18,19). The molecule has 4 nitrogen and oxygen atoms in total. The molecule has 0 aromatic rings. The van der Waals surface area contributed by atoms with E-state index in [1.165, 1.54) is 32.1 Å². The predicted octanol–water partition coefficient (Wildman–Crippen LogP) is 1.75. The van der Waals surface area contributed by atoms with Gasteiger partial charge in [-0.3, -0.25) is 0 Å². The van der Waals surface area contributed by atoms with Gasteiger partial charge in [0.25, 0.3) is 0 Å². The average molecular weight is 263 g/mol. The van der Waals surface area contributed by atoms with Gasteiger partial charge < -0.3 is 16.4 Å². The molecule has 5 fully saturated rings. The molecule has 0 spiro atoms. The molecule has 5 aliphatic rings. The molecule has 5 rings (SSSR count). The maximum absolute atomic E-state index is 12.1. The smallest absolute Gasteiger partial charge is 0.315 e. The topological polar surface area (TPSA) is 67.1 Å². The highest BCUT2D eigenvalue weighted by molar-refractivity contribution is 5.75. The van der Waals surface area contributed by atoms with Crippen LogP contribution in [0.2, 0.25) is 0 Å². The highest BCUT2D eigenvalue weighted by atomic mass is 16.2. The Bertz CT molecular complexity index is 390. The quantitative estimate of drug-likeness (QED) is 0.726. The van der Waals surface area contributed by atoms with Gasteiger partial charge in [-0.15, -0.1) is 0 Å². The van der Waals surface area contributed by atoms with Crippen LogP contribution in [0.15, 0.2) is 0 Å². The van der Waals surface area contributed by atoms with Crippen molar-refractivity contribution in [1.29, 1.82) is 0 Å². The van der Waals surface area contributed by atoms with E-state index in [2.05, 4.69) is 10.6 Å². The Morgan fingerprint density at radius 1 is 1.16 bits per heavy atom. The van der Waals surface area contributed by atoms with Crippen molar-refractivity contribution < 1.29 is 4.79 Å². The highest BCUT2D eigenvalue weighted by Gasteiger charge is 2.57. The lowest BCUT2D eigenvalue weighted by atomic mass is 9.47. The first-order valence-corrected chi connectivity index (χ1v) is 7.89. The summed E-state index contributed by atoms with van der Waals surface area (Å²) >= 11 is 0. The number of nitrogens with one attached hydrogen (secondary N) is 2. The summed E-state index contributed by atoms with van der Waals surface area (Å²) in [5, 5.41) is 6.43. The minimum absolute atomic E-state index is 0.0580. The number of nitrogens with two attached hydrogens (primary N) is 1. The number of carbonyl (C=O) groups excluding carboxylic acids is 1. The van der Waals surface area contributed by atoms with E-state index in [4.69, 9.17) is 5.73 Å². The monoisotopic (exact) mass is 263 g/mol. The van der Waals surface area contributed by atoms with Gasteiger partial charge in [-0.2, -0.15) is 0 Å². The maximum Gasteiger partial charge on any atom is 0.315 e. The highest BCUT2D eigenvalue weighted by Crippen LogP contribution is 2.61. The van der Waals surface area contributed by atoms with Gasteiger partial charge in [-0.1, -0.05) is 0 Å². The van der Waals surface area contributed by atoms with Crippen LogP contribution in [0.3, 0.4) is 0 Å². The summed E-state index contributed by atoms with van der Waals surface area (Å²) in [4.78, 5) is 12.1. The Morgan fingerprint density at radius 3 is 2.42 bits per heavy atom. The molecule has 2 atom stereocenters. The molecule has 0 saturated heterocycles. The van der Waals surface area contributed by atoms with E-state index in [9.17, 15) is 4.79 Å². The second kappa shape index (κ2) is 3.87. The molecular weight excluding hydrogens is 238 g/mol. The summed E-state index contributed by atoms with van der Waals surface area (Å²) in [5.41, 5.74) is 6.47. The number of amides is 2. The minimum atomic E-state index is 0.0580. The SMILES string of the molecule is NCC12CC3CC(C1)CC(NC(=O)NC1CC1)(C3)C2. The second-order valence-corrected chi connectivity index (χ2v) is 7.82. The largest absolute Gasteiger partial charge is 0.335 e. The molecule has 0 radical (unpaired) electrons. The van der Waals surface area contributed by atoms with Gasteiger partial charge in [0.15, 0.2) is 0 Å². The number of rotatable bonds is 3. The molecule has 4 heteroatoms. The van der Waals surface area contributed by atoms with Crippen LogP contribution in [0.5, 0.6) is 0 Å². The maximum atomic E-state index is 12.1. The molecule has 19 heavy (non-hydrogen) atoms. The van der Waals surface area contributed by atoms with Crippen LogP contribution in [0.4, 0.5) is 4.79 Å². The molecule has 4 bridgehead atoms. The summed E-state index contributed by atoms with van der Waals surface area (Å²) in [6.07, 6.45) is 9.75. The van der Waals surface area contributed by atoms with Gasteiger partial charge in [0.2, 0.25) is 0 Å². The fourth-order valence-corrected chi connectivity index (χ4v) is 5.53. The zero-order valence-corrected chi connectivity index (χ0v) is 11.6. The van der Waals surface area contributed by atoms with E-state index in [-0.39, 0.29) is 11.6 Å². The van der Waals surface area contributed by atoms with E-state index >= 15 is 0 Å². The first kappa shape index (κ1) is 12.0. The molecule has 106 valence electrons. The van der Waals surface area contributed by atoms with E-state index in [0.29, 0.717) is 11.5 Å². The number of hydrogen-bond acceptors (Lipinski definition) is 2. The van der Waals surface area contributed by atoms with Gasteiger partial charge >= 0.3 is 6.03 Å². The van der Waals surface area contributed by atoms with Crippen molar-refractivity contribution in [2.24, 2.45) is 23.0 Å². The van der Waals surface area contributed by atoms with Crippen LogP contribution in [-0.4, -0.2) is 24.2 Å². The van der Waals surface area contributed by atoms with Gasteiger partial charge in [0.05, 0.1) is 0 Å². The van der Waals surface area contributed by atoms with Crippen molar-refractivity contribution in [1.82, 2.24) is 10.6 Å². The van der Waals surface area contributed by atoms with Crippen LogP contribution in [0.25, 0.3) is 0 Å². The van der Waals surface area contributed by atoms with Crippen LogP contribution < -0.4 is 16.4 Å². The Hall–Kier alpha value is -0.770. The Labute approximate surface area is 114 Å². The molecule has 5 aliphatic carbocycles. The Kier molecular flexibility index (Phi) is 2.45. The summed E-state index contributed by atoms with van der Waals surface area (Å²) in [6, 6.07) is 0.508. The van der Waals surface area contributed by atoms with Gasteiger partial charge in [0, 0.05) is 11.6 Å². The van der Waals surface area contributed by atoms with Crippen molar-refractivity contribution in [3.63, 3.8) is 0 Å². The van der Waals surface area contributed by atoms with E-state index < -0.39 is 0 Å². The third kappa shape index (κ3) is 2.04. The van der Waals surface area contributed by atoms with Crippen LogP contribution in [-0.2, 0) is 0 Å². The molecule has 5 saturated carbocycles. The van der Waals surface area contributed by atoms with Crippen molar-refractivity contribution in [3.05, 3.63) is 0 Å². The van der Waals surface area contributed by atoms with Crippen molar-refractivity contribution in [3.8, 4) is 0 Å². The zero-order valence-electron chi connectivity index (χ0n) is 11.6.